The monoisotopic (exact) mass is 782 g/mol. The number of aryl methyl sites for hydroxylation is 3. The Hall–Kier alpha value is -4.53. The van der Waals surface area contributed by atoms with Gasteiger partial charge in [0, 0.05) is 32.8 Å². The smallest absolute Gasteiger partial charge is 0.230 e. The molecule has 5 aromatic carbocycles. The maximum absolute atomic E-state index is 10.9. The van der Waals surface area contributed by atoms with Crippen molar-refractivity contribution in [1.82, 2.24) is 9.97 Å². The van der Waals surface area contributed by atoms with Crippen molar-refractivity contribution < 1.29 is 30.6 Å². The van der Waals surface area contributed by atoms with E-state index < -0.39 is 0 Å². The van der Waals surface area contributed by atoms with E-state index in [0.717, 1.165) is 49.8 Å². The number of pyridine rings is 1. The Morgan fingerprint density at radius 1 is 0.696 bits per heavy atom. The van der Waals surface area contributed by atoms with E-state index >= 15 is 0 Å². The second kappa shape index (κ2) is 12.0. The molecule has 232 valence electrons. The number of phenols is 1. The van der Waals surface area contributed by atoms with Crippen LogP contribution in [0.3, 0.4) is 0 Å². The first-order valence-electron chi connectivity index (χ1n) is 15.3. The van der Waals surface area contributed by atoms with Gasteiger partial charge in [0.25, 0.3) is 0 Å². The van der Waals surface area contributed by atoms with Crippen LogP contribution in [0.25, 0.3) is 66.8 Å². The summed E-state index contributed by atoms with van der Waals surface area (Å²) in [7, 11) is 0. The van der Waals surface area contributed by atoms with Gasteiger partial charge in [-0.3, -0.25) is 4.98 Å². The molecule has 0 amide bonds. The first kappa shape index (κ1) is 31.5. The van der Waals surface area contributed by atoms with E-state index in [1.165, 1.54) is 22.3 Å². The van der Waals surface area contributed by atoms with E-state index in [-0.39, 0.29) is 32.2 Å². The molecule has 0 aliphatic heterocycles. The molecule has 0 atom stereocenters. The molecule has 4 nitrogen and oxygen atoms in total. The molecule has 7 rings (SSSR count). The Morgan fingerprint density at radius 2 is 1.39 bits per heavy atom. The molecule has 0 saturated heterocycles. The van der Waals surface area contributed by atoms with Crippen molar-refractivity contribution in [2.75, 3.05) is 0 Å². The van der Waals surface area contributed by atoms with Gasteiger partial charge in [-0.2, -0.15) is 0 Å². The summed E-state index contributed by atoms with van der Waals surface area (Å²) in [6, 6.07) is 34.5. The molecule has 0 saturated carbocycles. The molecule has 1 N–H and O–H groups in total. The van der Waals surface area contributed by atoms with Gasteiger partial charge >= 0.3 is 0 Å². The molecule has 46 heavy (non-hydrogen) atoms. The van der Waals surface area contributed by atoms with Gasteiger partial charge in [0.2, 0.25) is 5.89 Å². The third-order valence-corrected chi connectivity index (χ3v) is 8.72. The average Bonchev–Trinajstić information content (AvgIpc) is 3.44. The molecule has 0 fully saturated rings. The van der Waals surface area contributed by atoms with Crippen LogP contribution >= 0.6 is 0 Å². The van der Waals surface area contributed by atoms with Crippen molar-refractivity contribution in [3.05, 3.63) is 126 Å². The summed E-state index contributed by atoms with van der Waals surface area (Å²) in [6.07, 6.45) is 1.86. The van der Waals surface area contributed by atoms with Crippen molar-refractivity contribution in [1.29, 1.82) is 0 Å². The van der Waals surface area contributed by atoms with Crippen molar-refractivity contribution in [3.8, 4) is 50.6 Å². The number of oxazole rings is 1. The van der Waals surface area contributed by atoms with Crippen molar-refractivity contribution in [2.45, 2.75) is 47.0 Å². The van der Waals surface area contributed by atoms with Gasteiger partial charge in [-0.1, -0.05) is 80.4 Å². The molecule has 0 unspecified atom stereocenters. The van der Waals surface area contributed by atoms with E-state index in [2.05, 4.69) is 114 Å². The van der Waals surface area contributed by atoms with Crippen LogP contribution in [0.1, 0.15) is 43.0 Å². The summed E-state index contributed by atoms with van der Waals surface area (Å²) in [4.78, 5) is 9.77. The summed E-state index contributed by atoms with van der Waals surface area (Å²) in [5.41, 5.74) is 13.5. The molecule has 7 aromatic rings. The molecule has 0 bridgehead atoms. The second-order valence-electron chi connectivity index (χ2n) is 12.9. The van der Waals surface area contributed by atoms with Crippen LogP contribution in [0.15, 0.2) is 102 Å². The van der Waals surface area contributed by atoms with Crippen LogP contribution in [0, 0.1) is 26.8 Å². The predicted octanol–water partition coefficient (Wildman–Crippen LogP) is 10.8. The van der Waals surface area contributed by atoms with E-state index in [1.807, 2.05) is 24.4 Å². The van der Waals surface area contributed by atoms with Gasteiger partial charge in [-0.05, 0) is 89.2 Å². The van der Waals surface area contributed by atoms with Gasteiger partial charge in [0.1, 0.15) is 11.3 Å². The summed E-state index contributed by atoms with van der Waals surface area (Å²) in [5.74, 6) is 0.525. The van der Waals surface area contributed by atoms with Gasteiger partial charge in [-0.25, -0.2) is 4.98 Å². The largest absolute Gasteiger partial charge is 0.507 e. The number of aromatic nitrogens is 2. The first-order valence-corrected chi connectivity index (χ1v) is 15.3. The molecule has 5 heteroatoms. The topological polar surface area (TPSA) is 59.2 Å². The number of fused-ring (bicyclic) bond motifs is 2. The van der Waals surface area contributed by atoms with Crippen LogP contribution in [-0.4, -0.2) is 15.1 Å². The number of para-hydroxylation sites is 1. The zero-order valence-electron chi connectivity index (χ0n) is 26.8. The predicted molar refractivity (Wildman–Crippen MR) is 184 cm³/mol. The number of hydrogen-bond acceptors (Lipinski definition) is 4. The second-order valence-corrected chi connectivity index (χ2v) is 12.9. The SMILES string of the molecule is Cc1cccc(C)c1-c1cc(-c2[c-]c(-c3cccc4c(C)ccnc34)ccc2)c2nc(-c3cc(C(C)(C)C)ccc3O)oc2c1.[Pt]. The van der Waals surface area contributed by atoms with Gasteiger partial charge in [-0.15, -0.1) is 35.4 Å². The number of phenolic OH excluding ortho intramolecular Hbond substituents is 1. The fourth-order valence-corrected chi connectivity index (χ4v) is 6.25. The average molecular weight is 783 g/mol. The Kier molecular flexibility index (Phi) is 8.21. The zero-order valence-corrected chi connectivity index (χ0v) is 29.1. The molecule has 2 heterocycles. The van der Waals surface area contributed by atoms with Crippen molar-refractivity contribution >= 4 is 22.0 Å². The van der Waals surface area contributed by atoms with Crippen molar-refractivity contribution in [3.63, 3.8) is 0 Å². The summed E-state index contributed by atoms with van der Waals surface area (Å²) >= 11 is 0. The number of rotatable bonds is 4. The Labute approximate surface area is 284 Å². The fraction of sp³-hybridized carbons (Fsp3) is 0.171. The number of benzene rings is 5. The van der Waals surface area contributed by atoms with Gasteiger partial charge < -0.3 is 9.52 Å². The standard InChI is InChI=1S/C41H35N2O2.Pt/c1-24-18-19-42-38-31(24)14-9-15-32(38)27-12-8-13-28(20-27)33-21-29(37-25(2)10-7-11-26(37)3)22-36-39(33)43-40(45-36)34-23-30(41(4,5)6)16-17-35(34)44;/h7-19,21-23,44H,1-6H3;/q-1;. The third kappa shape index (κ3) is 5.56. The van der Waals surface area contributed by atoms with Gasteiger partial charge in [0.15, 0.2) is 0 Å². The summed E-state index contributed by atoms with van der Waals surface area (Å²) in [6.45, 7) is 12.8. The quantitative estimate of drug-likeness (QED) is 0.181. The van der Waals surface area contributed by atoms with Crippen LogP contribution < -0.4 is 0 Å². The Bertz CT molecular complexity index is 2240. The first-order chi connectivity index (χ1) is 21.6. The van der Waals surface area contributed by atoms with E-state index in [9.17, 15) is 5.11 Å². The van der Waals surface area contributed by atoms with E-state index in [1.54, 1.807) is 6.07 Å². The van der Waals surface area contributed by atoms with Gasteiger partial charge in [0.05, 0.1) is 11.1 Å². The Balaban J connectivity index is 0.00000372. The molecule has 0 aliphatic rings. The maximum Gasteiger partial charge on any atom is 0.230 e. The minimum absolute atomic E-state index is 0. The van der Waals surface area contributed by atoms with Crippen molar-refractivity contribution in [2.24, 2.45) is 0 Å². The maximum atomic E-state index is 10.9. The minimum Gasteiger partial charge on any atom is -0.507 e. The number of hydrogen-bond donors (Lipinski definition) is 1. The Morgan fingerprint density at radius 3 is 2.13 bits per heavy atom. The fourth-order valence-electron chi connectivity index (χ4n) is 6.25. The minimum atomic E-state index is -0.0977. The summed E-state index contributed by atoms with van der Waals surface area (Å²) < 4.78 is 6.50. The number of aromatic hydroxyl groups is 1. The molecule has 0 spiro atoms. The van der Waals surface area contributed by atoms with Crippen LogP contribution in [0.4, 0.5) is 0 Å². The normalized spacial score (nSPS) is 11.6. The van der Waals surface area contributed by atoms with E-state index in [0.29, 0.717) is 17.0 Å². The zero-order chi connectivity index (χ0) is 31.5. The molecule has 0 radical (unpaired) electrons. The third-order valence-electron chi connectivity index (χ3n) is 8.72. The number of nitrogens with zero attached hydrogens (tertiary/aromatic N) is 2. The molecule has 2 aromatic heterocycles. The van der Waals surface area contributed by atoms with Crippen LogP contribution in [-0.2, 0) is 26.5 Å². The molecular weight excluding hydrogens is 748 g/mol. The molecule has 0 aliphatic carbocycles. The van der Waals surface area contributed by atoms with Crippen LogP contribution in [0.2, 0.25) is 0 Å². The molecular formula is C41H35N2O2Pt-. The van der Waals surface area contributed by atoms with E-state index in [4.69, 9.17) is 14.4 Å². The summed E-state index contributed by atoms with van der Waals surface area (Å²) in [5, 5.41) is 12.1. The van der Waals surface area contributed by atoms with Crippen LogP contribution in [0.5, 0.6) is 5.75 Å².